The molecule has 0 aliphatic carbocycles. The molecule has 0 amide bonds. The second-order valence-corrected chi connectivity index (χ2v) is 5.19. The minimum atomic E-state index is -1.38. The first-order valence-corrected chi connectivity index (χ1v) is 6.37. The molecule has 1 aromatic carbocycles. The maximum Gasteiger partial charge on any atom is 0.185 e. The smallest absolute Gasteiger partial charge is 0.185 e. The van der Waals surface area contributed by atoms with Crippen LogP contribution in [0.1, 0.15) is 24.2 Å². The third-order valence-electron chi connectivity index (χ3n) is 2.60. The molecule has 1 rings (SSSR count). The van der Waals surface area contributed by atoms with E-state index in [-0.39, 0.29) is 27.7 Å². The summed E-state index contributed by atoms with van der Waals surface area (Å²) < 4.78 is 13.8. The quantitative estimate of drug-likeness (QED) is 0.722. The molecule has 0 aliphatic heterocycles. The molecule has 1 aromatic rings. The van der Waals surface area contributed by atoms with Crippen LogP contribution in [0.15, 0.2) is 12.1 Å². The molecule has 2 unspecified atom stereocenters. The number of rotatable bonds is 4. The number of aliphatic hydroxyl groups excluding tert-OH is 2. The zero-order chi connectivity index (χ0) is 13.9. The van der Waals surface area contributed by atoms with E-state index in [4.69, 9.17) is 5.73 Å². The number of aliphatic hydroxyl groups is 2. The molecule has 4 nitrogen and oxygen atoms in total. The van der Waals surface area contributed by atoms with Gasteiger partial charge < -0.3 is 15.9 Å². The Morgan fingerprint density at radius 1 is 1.50 bits per heavy atom. The first kappa shape index (κ1) is 14.9. The summed E-state index contributed by atoms with van der Waals surface area (Å²) in [5.41, 5.74) is 6.04. The van der Waals surface area contributed by atoms with Crippen molar-refractivity contribution in [2.75, 3.05) is 11.5 Å². The minimum absolute atomic E-state index is 0.0133. The highest BCUT2D eigenvalue weighted by atomic mass is 32.2. The van der Waals surface area contributed by atoms with Gasteiger partial charge in [0, 0.05) is 29.5 Å². The summed E-state index contributed by atoms with van der Waals surface area (Å²) >= 11 is 0.880. The Balaban J connectivity index is 2.86. The van der Waals surface area contributed by atoms with E-state index in [1.54, 1.807) is 0 Å². The summed E-state index contributed by atoms with van der Waals surface area (Å²) in [6.45, 7) is 2.86. The third kappa shape index (κ3) is 3.44. The average Bonchev–Trinajstić information content (AvgIpc) is 2.32. The second-order valence-electron chi connectivity index (χ2n) is 4.00. The molecule has 100 valence electrons. The number of hydrogen-bond acceptors (Lipinski definition) is 5. The van der Waals surface area contributed by atoms with Gasteiger partial charge in [0.15, 0.2) is 5.12 Å². The lowest BCUT2D eigenvalue weighted by atomic mass is 10.0. The summed E-state index contributed by atoms with van der Waals surface area (Å²) in [5.74, 6) is -0.617. The highest BCUT2D eigenvalue weighted by Gasteiger charge is 2.23. The fourth-order valence-electron chi connectivity index (χ4n) is 1.45. The van der Waals surface area contributed by atoms with Gasteiger partial charge in [0.05, 0.1) is 6.10 Å². The number of carbonyl (C=O) groups excluding carboxylic acids is 1. The number of carbonyl (C=O) groups is 1. The molecule has 2 atom stereocenters. The highest BCUT2D eigenvalue weighted by molar-refractivity contribution is 8.13. The largest absolute Gasteiger partial charge is 0.398 e. The zero-order valence-electron chi connectivity index (χ0n) is 10.2. The second kappa shape index (κ2) is 6.17. The molecule has 18 heavy (non-hydrogen) atoms. The third-order valence-corrected chi connectivity index (χ3v) is 3.51. The van der Waals surface area contributed by atoms with Crippen molar-refractivity contribution < 1.29 is 19.4 Å². The predicted octanol–water partition coefficient (Wildman–Crippen LogP) is 1.39. The van der Waals surface area contributed by atoms with Crippen molar-refractivity contribution in [1.82, 2.24) is 0 Å². The summed E-state index contributed by atoms with van der Waals surface area (Å²) in [6.07, 6.45) is -2.59. The fourth-order valence-corrected chi connectivity index (χ4v) is 2.04. The summed E-state index contributed by atoms with van der Waals surface area (Å²) in [7, 11) is 0. The van der Waals surface area contributed by atoms with Crippen LogP contribution < -0.4 is 5.73 Å². The molecule has 4 N–H and O–H groups in total. The van der Waals surface area contributed by atoms with Gasteiger partial charge in [-0.05, 0) is 13.0 Å². The van der Waals surface area contributed by atoms with E-state index in [9.17, 15) is 19.4 Å². The molecule has 0 saturated carbocycles. The zero-order valence-corrected chi connectivity index (χ0v) is 11.0. The molecule has 0 bridgehead atoms. The number of hydrogen-bond donors (Lipinski definition) is 3. The van der Waals surface area contributed by atoms with Gasteiger partial charge in [-0.15, -0.1) is 0 Å². The van der Waals surface area contributed by atoms with Crippen molar-refractivity contribution in [3.05, 3.63) is 29.1 Å². The molecule has 0 aliphatic rings. The number of benzene rings is 1. The summed E-state index contributed by atoms with van der Waals surface area (Å²) in [6, 6.07) is 2.81. The summed E-state index contributed by atoms with van der Waals surface area (Å²) in [5, 5.41) is 19.4. The number of anilines is 1. The lowest BCUT2D eigenvalue weighted by molar-refractivity contribution is -0.109. The summed E-state index contributed by atoms with van der Waals surface area (Å²) in [4.78, 5) is 10.8. The van der Waals surface area contributed by atoms with Crippen molar-refractivity contribution in [1.29, 1.82) is 0 Å². The van der Waals surface area contributed by atoms with E-state index in [1.165, 1.54) is 26.0 Å². The van der Waals surface area contributed by atoms with Crippen LogP contribution in [0.5, 0.6) is 0 Å². The van der Waals surface area contributed by atoms with Gasteiger partial charge in [-0.25, -0.2) is 4.39 Å². The number of thioether (sulfide) groups is 1. The first-order chi connectivity index (χ1) is 8.34. The van der Waals surface area contributed by atoms with E-state index in [0.29, 0.717) is 0 Å². The predicted molar refractivity (Wildman–Crippen MR) is 69.7 cm³/mol. The molecular formula is C12H16FNO3S. The van der Waals surface area contributed by atoms with E-state index in [2.05, 4.69) is 0 Å². The Morgan fingerprint density at radius 3 is 2.67 bits per heavy atom. The van der Waals surface area contributed by atoms with Crippen molar-refractivity contribution in [2.24, 2.45) is 0 Å². The molecule has 0 aromatic heterocycles. The standard InChI is InChI=1S/C12H16FNO3S/c1-6-9(14)4-3-8(11(6)13)12(17)10(16)5-18-7(2)15/h3-4,10,12,16-17H,5,14H2,1-2H3. The van der Waals surface area contributed by atoms with Crippen LogP contribution in [-0.2, 0) is 4.79 Å². The lowest BCUT2D eigenvalue weighted by Gasteiger charge is -2.19. The maximum absolute atomic E-state index is 13.8. The van der Waals surface area contributed by atoms with E-state index in [0.717, 1.165) is 11.8 Å². The molecule has 6 heteroatoms. The molecule has 0 fully saturated rings. The van der Waals surface area contributed by atoms with Gasteiger partial charge in [-0.3, -0.25) is 4.79 Å². The van der Waals surface area contributed by atoms with E-state index in [1.807, 2.05) is 0 Å². The Labute approximate surface area is 109 Å². The van der Waals surface area contributed by atoms with Crippen molar-refractivity contribution in [3.8, 4) is 0 Å². The Kier molecular flexibility index (Phi) is 5.13. The van der Waals surface area contributed by atoms with Gasteiger partial charge in [0.2, 0.25) is 0 Å². The number of halogens is 1. The van der Waals surface area contributed by atoms with Crippen LogP contribution in [0.4, 0.5) is 10.1 Å². The topological polar surface area (TPSA) is 83.5 Å². The number of nitrogens with two attached hydrogens (primary N) is 1. The van der Waals surface area contributed by atoms with Gasteiger partial charge >= 0.3 is 0 Å². The van der Waals surface area contributed by atoms with E-state index >= 15 is 0 Å². The highest BCUT2D eigenvalue weighted by Crippen LogP contribution is 2.27. The number of nitrogen functional groups attached to an aromatic ring is 1. The monoisotopic (exact) mass is 273 g/mol. The van der Waals surface area contributed by atoms with Crippen LogP contribution in [0.2, 0.25) is 0 Å². The average molecular weight is 273 g/mol. The van der Waals surface area contributed by atoms with Crippen molar-refractivity contribution in [2.45, 2.75) is 26.1 Å². The molecule has 0 saturated heterocycles. The molecule has 0 radical (unpaired) electrons. The lowest BCUT2D eigenvalue weighted by Crippen LogP contribution is -2.22. The fraction of sp³-hybridized carbons (Fsp3) is 0.417. The van der Waals surface area contributed by atoms with Gasteiger partial charge in [-0.1, -0.05) is 17.8 Å². The van der Waals surface area contributed by atoms with E-state index < -0.39 is 18.0 Å². The van der Waals surface area contributed by atoms with Crippen LogP contribution in [-0.4, -0.2) is 27.2 Å². The van der Waals surface area contributed by atoms with Crippen LogP contribution in [0.3, 0.4) is 0 Å². The molecule has 0 spiro atoms. The minimum Gasteiger partial charge on any atom is -0.398 e. The van der Waals surface area contributed by atoms with Crippen LogP contribution in [0.25, 0.3) is 0 Å². The van der Waals surface area contributed by atoms with Gasteiger partial charge in [-0.2, -0.15) is 0 Å². The van der Waals surface area contributed by atoms with Crippen LogP contribution in [0, 0.1) is 12.7 Å². The maximum atomic E-state index is 13.8. The Hall–Kier alpha value is -1.11. The van der Waals surface area contributed by atoms with Crippen molar-refractivity contribution in [3.63, 3.8) is 0 Å². The van der Waals surface area contributed by atoms with Crippen molar-refractivity contribution >= 4 is 22.6 Å². The molecular weight excluding hydrogens is 257 g/mol. The first-order valence-electron chi connectivity index (χ1n) is 5.38. The SMILES string of the molecule is CC(=O)SCC(O)C(O)c1ccc(N)c(C)c1F. The van der Waals surface area contributed by atoms with Crippen LogP contribution >= 0.6 is 11.8 Å². The Morgan fingerprint density at radius 2 is 2.11 bits per heavy atom. The molecule has 0 heterocycles. The normalized spacial score (nSPS) is 14.3. The van der Waals surface area contributed by atoms with Gasteiger partial charge in [0.25, 0.3) is 0 Å². The van der Waals surface area contributed by atoms with Gasteiger partial charge in [0.1, 0.15) is 11.9 Å². The Bertz CT molecular complexity index is 453.